The Hall–Kier alpha value is -0.570. The van der Waals surface area contributed by atoms with Crippen molar-refractivity contribution in [3.8, 4) is 0 Å². The molecule has 1 aliphatic carbocycles. The zero-order chi connectivity index (χ0) is 10.6. The lowest BCUT2D eigenvalue weighted by molar-refractivity contribution is -0.150. The first-order chi connectivity index (χ1) is 6.65. The average Bonchev–Trinajstić information content (AvgIpc) is 2.18. The van der Waals surface area contributed by atoms with Crippen molar-refractivity contribution in [2.24, 2.45) is 11.8 Å². The fourth-order valence-corrected chi connectivity index (χ4v) is 2.07. The Bertz CT molecular complexity index is 183. The molecule has 0 bridgehead atoms. The molecular formula is C11H20O3. The van der Waals surface area contributed by atoms with Gasteiger partial charge >= 0.3 is 5.97 Å². The molecule has 0 aliphatic heterocycles. The SMILES string of the molecule is CCOC(=O)C(C)C1CCC(O)CC1. The van der Waals surface area contributed by atoms with E-state index in [2.05, 4.69) is 0 Å². The van der Waals surface area contributed by atoms with Crippen LogP contribution in [0.25, 0.3) is 0 Å². The van der Waals surface area contributed by atoms with Crippen molar-refractivity contribution in [2.75, 3.05) is 6.61 Å². The molecule has 1 saturated carbocycles. The van der Waals surface area contributed by atoms with E-state index in [0.29, 0.717) is 12.5 Å². The number of ether oxygens (including phenoxy) is 1. The predicted octanol–water partition coefficient (Wildman–Crippen LogP) is 1.74. The van der Waals surface area contributed by atoms with Crippen LogP contribution in [0.1, 0.15) is 39.5 Å². The molecule has 1 atom stereocenters. The fourth-order valence-electron chi connectivity index (χ4n) is 2.07. The Morgan fingerprint density at radius 1 is 1.43 bits per heavy atom. The fraction of sp³-hybridized carbons (Fsp3) is 0.909. The van der Waals surface area contributed by atoms with Gasteiger partial charge in [-0.25, -0.2) is 0 Å². The number of rotatable bonds is 3. The van der Waals surface area contributed by atoms with Gasteiger partial charge in [0.05, 0.1) is 18.6 Å². The molecule has 0 amide bonds. The van der Waals surface area contributed by atoms with E-state index in [0.717, 1.165) is 25.7 Å². The van der Waals surface area contributed by atoms with Gasteiger partial charge in [0.2, 0.25) is 0 Å². The van der Waals surface area contributed by atoms with Crippen LogP contribution >= 0.6 is 0 Å². The molecule has 3 nitrogen and oxygen atoms in total. The third kappa shape index (κ3) is 2.98. The summed E-state index contributed by atoms with van der Waals surface area (Å²) in [5.41, 5.74) is 0. The van der Waals surface area contributed by atoms with Gasteiger partial charge in [0, 0.05) is 0 Å². The number of hydrogen-bond donors (Lipinski definition) is 1. The minimum atomic E-state index is -0.152. The Kier molecular flexibility index (Phi) is 4.39. The van der Waals surface area contributed by atoms with Crippen molar-refractivity contribution in [1.82, 2.24) is 0 Å². The summed E-state index contributed by atoms with van der Waals surface area (Å²) in [6.07, 6.45) is 3.39. The Morgan fingerprint density at radius 3 is 2.50 bits per heavy atom. The minimum absolute atomic E-state index is 0.0116. The summed E-state index contributed by atoms with van der Waals surface area (Å²) in [6, 6.07) is 0. The van der Waals surface area contributed by atoms with Gasteiger partial charge in [0.15, 0.2) is 0 Å². The molecule has 1 rings (SSSR count). The molecular weight excluding hydrogens is 180 g/mol. The minimum Gasteiger partial charge on any atom is -0.466 e. The van der Waals surface area contributed by atoms with Crippen LogP contribution in [0.2, 0.25) is 0 Å². The lowest BCUT2D eigenvalue weighted by Gasteiger charge is -2.28. The Morgan fingerprint density at radius 2 is 2.00 bits per heavy atom. The van der Waals surface area contributed by atoms with Gasteiger partial charge in [-0.3, -0.25) is 4.79 Å². The zero-order valence-corrected chi connectivity index (χ0v) is 9.03. The lowest BCUT2D eigenvalue weighted by atomic mass is 9.80. The molecule has 1 fully saturated rings. The molecule has 0 saturated heterocycles. The third-order valence-corrected chi connectivity index (χ3v) is 3.11. The van der Waals surface area contributed by atoms with Crippen molar-refractivity contribution in [3.63, 3.8) is 0 Å². The predicted molar refractivity (Wildman–Crippen MR) is 53.8 cm³/mol. The summed E-state index contributed by atoms with van der Waals surface area (Å²) in [7, 11) is 0. The van der Waals surface area contributed by atoms with E-state index in [1.54, 1.807) is 0 Å². The van der Waals surface area contributed by atoms with Crippen LogP contribution < -0.4 is 0 Å². The summed E-state index contributed by atoms with van der Waals surface area (Å²) >= 11 is 0. The summed E-state index contributed by atoms with van der Waals surface area (Å²) < 4.78 is 4.98. The van der Waals surface area contributed by atoms with Crippen molar-refractivity contribution >= 4 is 5.97 Å². The molecule has 0 aromatic rings. The van der Waals surface area contributed by atoms with Gasteiger partial charge in [0.1, 0.15) is 0 Å². The maximum Gasteiger partial charge on any atom is 0.308 e. The summed E-state index contributed by atoms with van der Waals surface area (Å²) in [4.78, 5) is 11.4. The smallest absolute Gasteiger partial charge is 0.308 e. The molecule has 0 aromatic carbocycles. The zero-order valence-electron chi connectivity index (χ0n) is 9.03. The molecule has 0 spiro atoms. The highest BCUT2D eigenvalue weighted by Crippen LogP contribution is 2.30. The van der Waals surface area contributed by atoms with Crippen LogP contribution in [-0.2, 0) is 9.53 Å². The van der Waals surface area contributed by atoms with Crippen LogP contribution in [0.15, 0.2) is 0 Å². The first kappa shape index (κ1) is 11.5. The van der Waals surface area contributed by atoms with E-state index in [9.17, 15) is 9.90 Å². The van der Waals surface area contributed by atoms with Crippen molar-refractivity contribution in [1.29, 1.82) is 0 Å². The maximum absolute atomic E-state index is 11.4. The molecule has 1 N–H and O–H groups in total. The van der Waals surface area contributed by atoms with Crippen LogP contribution in [0.5, 0.6) is 0 Å². The maximum atomic E-state index is 11.4. The first-order valence-corrected chi connectivity index (χ1v) is 5.49. The normalized spacial score (nSPS) is 29.6. The number of hydrogen-bond acceptors (Lipinski definition) is 3. The van der Waals surface area contributed by atoms with Gasteiger partial charge in [0.25, 0.3) is 0 Å². The second kappa shape index (κ2) is 5.35. The number of carbonyl (C=O) groups excluding carboxylic acids is 1. The van der Waals surface area contributed by atoms with E-state index in [4.69, 9.17) is 4.74 Å². The molecule has 3 heteroatoms. The second-order valence-electron chi connectivity index (χ2n) is 4.11. The van der Waals surface area contributed by atoms with Crippen LogP contribution in [0.4, 0.5) is 0 Å². The molecule has 14 heavy (non-hydrogen) atoms. The summed E-state index contributed by atoms with van der Waals surface area (Å²) in [5, 5.41) is 9.33. The summed E-state index contributed by atoms with van der Waals surface area (Å²) in [6.45, 7) is 4.22. The van der Waals surface area contributed by atoms with Crippen molar-refractivity contribution < 1.29 is 14.6 Å². The first-order valence-electron chi connectivity index (χ1n) is 5.49. The van der Waals surface area contributed by atoms with E-state index in [1.807, 2.05) is 13.8 Å². The van der Waals surface area contributed by atoms with Crippen LogP contribution in [-0.4, -0.2) is 23.8 Å². The van der Waals surface area contributed by atoms with E-state index in [-0.39, 0.29) is 18.0 Å². The summed E-state index contributed by atoms with van der Waals surface area (Å²) in [5.74, 6) is 0.300. The number of esters is 1. The molecule has 1 aliphatic rings. The monoisotopic (exact) mass is 200 g/mol. The molecule has 0 heterocycles. The number of carbonyl (C=O) groups is 1. The third-order valence-electron chi connectivity index (χ3n) is 3.11. The van der Waals surface area contributed by atoms with Crippen LogP contribution in [0.3, 0.4) is 0 Å². The molecule has 0 radical (unpaired) electrons. The van der Waals surface area contributed by atoms with E-state index >= 15 is 0 Å². The standard InChI is InChI=1S/C11H20O3/c1-3-14-11(13)8(2)9-4-6-10(12)7-5-9/h8-10,12H,3-7H2,1-2H3. The van der Waals surface area contributed by atoms with Gasteiger partial charge in [-0.2, -0.15) is 0 Å². The Labute approximate surface area is 85.5 Å². The number of aliphatic hydroxyl groups excluding tert-OH is 1. The Balaban J connectivity index is 2.37. The van der Waals surface area contributed by atoms with Crippen molar-refractivity contribution in [3.05, 3.63) is 0 Å². The molecule has 1 unspecified atom stereocenters. The van der Waals surface area contributed by atoms with Crippen LogP contribution in [0, 0.1) is 11.8 Å². The lowest BCUT2D eigenvalue weighted by Crippen LogP contribution is -2.28. The number of aliphatic hydroxyl groups is 1. The van der Waals surface area contributed by atoms with Gasteiger partial charge in [-0.1, -0.05) is 6.92 Å². The highest BCUT2D eigenvalue weighted by Gasteiger charge is 2.28. The molecule has 0 aromatic heterocycles. The topological polar surface area (TPSA) is 46.5 Å². The van der Waals surface area contributed by atoms with E-state index < -0.39 is 0 Å². The average molecular weight is 200 g/mol. The van der Waals surface area contributed by atoms with Gasteiger partial charge in [-0.05, 0) is 38.5 Å². The van der Waals surface area contributed by atoms with E-state index in [1.165, 1.54) is 0 Å². The van der Waals surface area contributed by atoms with Gasteiger partial charge < -0.3 is 9.84 Å². The van der Waals surface area contributed by atoms with Crippen molar-refractivity contribution in [2.45, 2.75) is 45.6 Å². The highest BCUT2D eigenvalue weighted by molar-refractivity contribution is 5.72. The van der Waals surface area contributed by atoms with Gasteiger partial charge in [-0.15, -0.1) is 0 Å². The molecule has 82 valence electrons. The quantitative estimate of drug-likeness (QED) is 0.706. The highest BCUT2D eigenvalue weighted by atomic mass is 16.5. The second-order valence-corrected chi connectivity index (χ2v) is 4.11. The largest absolute Gasteiger partial charge is 0.466 e.